The topological polar surface area (TPSA) is 54.5 Å². The van der Waals surface area contributed by atoms with Gasteiger partial charge in [-0.15, -0.1) is 0 Å². The van der Waals surface area contributed by atoms with E-state index < -0.39 is 18.0 Å². The van der Waals surface area contributed by atoms with Gasteiger partial charge in [0.1, 0.15) is 11.5 Å². The Kier molecular flexibility index (Phi) is 4.01. The maximum absolute atomic E-state index is 12.5. The average molecular weight is 289 g/mol. The van der Waals surface area contributed by atoms with Crippen LogP contribution in [0.2, 0.25) is 0 Å². The van der Waals surface area contributed by atoms with Gasteiger partial charge in [-0.3, -0.25) is 0 Å². The van der Waals surface area contributed by atoms with E-state index in [0.717, 1.165) is 6.07 Å². The van der Waals surface area contributed by atoms with Crippen molar-refractivity contribution in [2.24, 2.45) is 0 Å². The van der Waals surface area contributed by atoms with Gasteiger partial charge in [-0.05, 0) is 18.6 Å². The number of anilines is 1. The Balaban J connectivity index is 2.00. The molecule has 5 nitrogen and oxygen atoms in total. The van der Waals surface area contributed by atoms with Gasteiger partial charge in [-0.25, -0.2) is 9.78 Å². The summed E-state index contributed by atoms with van der Waals surface area (Å²) in [5.74, 6) is 0.150. The van der Waals surface area contributed by atoms with Crippen LogP contribution in [0.3, 0.4) is 0 Å². The number of aromatic nitrogens is 1. The highest BCUT2D eigenvalue weighted by atomic mass is 19.4. The molecule has 1 aromatic rings. The fourth-order valence-electron chi connectivity index (χ4n) is 2.06. The molecule has 0 saturated carbocycles. The molecule has 1 N–H and O–H groups in total. The summed E-state index contributed by atoms with van der Waals surface area (Å²) in [6.45, 7) is 0.883. The molecule has 1 atom stereocenters. The number of hydrogen-bond donors (Lipinski definition) is 1. The molecule has 20 heavy (non-hydrogen) atoms. The fourth-order valence-corrected chi connectivity index (χ4v) is 2.06. The van der Waals surface area contributed by atoms with E-state index in [4.69, 9.17) is 0 Å². The number of halogens is 3. The second kappa shape index (κ2) is 5.56. The van der Waals surface area contributed by atoms with Crippen molar-refractivity contribution in [3.63, 3.8) is 0 Å². The van der Waals surface area contributed by atoms with Crippen molar-refractivity contribution in [3.8, 4) is 0 Å². The Bertz CT molecular complexity index is 493. The Morgan fingerprint density at radius 2 is 2.25 bits per heavy atom. The number of nitrogens with zero attached hydrogens (tertiary/aromatic N) is 2. The van der Waals surface area contributed by atoms with Gasteiger partial charge in [0.15, 0.2) is 0 Å². The van der Waals surface area contributed by atoms with Gasteiger partial charge in [0.05, 0.1) is 7.11 Å². The van der Waals surface area contributed by atoms with E-state index in [2.05, 4.69) is 15.0 Å². The van der Waals surface area contributed by atoms with Gasteiger partial charge in [0, 0.05) is 19.1 Å². The molecule has 1 fully saturated rings. The largest absolute Gasteiger partial charge is 0.453 e. The first kappa shape index (κ1) is 14.4. The van der Waals surface area contributed by atoms with E-state index in [1.807, 2.05) is 0 Å². The Morgan fingerprint density at radius 3 is 2.90 bits per heavy atom. The number of likely N-dealkylation sites (tertiary alicyclic amines) is 1. The molecule has 1 unspecified atom stereocenters. The van der Waals surface area contributed by atoms with Crippen LogP contribution in [0.15, 0.2) is 18.2 Å². The lowest BCUT2D eigenvalue weighted by Gasteiger charge is -2.16. The van der Waals surface area contributed by atoms with Crippen molar-refractivity contribution >= 4 is 11.9 Å². The molecule has 1 saturated heterocycles. The minimum Gasteiger partial charge on any atom is -0.453 e. The minimum absolute atomic E-state index is 0.134. The predicted molar refractivity (Wildman–Crippen MR) is 65.2 cm³/mol. The van der Waals surface area contributed by atoms with Crippen LogP contribution in [0.1, 0.15) is 12.1 Å². The van der Waals surface area contributed by atoms with Gasteiger partial charge in [0.2, 0.25) is 0 Å². The third-order valence-corrected chi connectivity index (χ3v) is 3.01. The first-order valence-corrected chi connectivity index (χ1v) is 6.04. The Morgan fingerprint density at radius 1 is 1.50 bits per heavy atom. The predicted octanol–water partition coefficient (Wildman–Crippen LogP) is 2.35. The highest BCUT2D eigenvalue weighted by molar-refractivity contribution is 5.68. The summed E-state index contributed by atoms with van der Waals surface area (Å²) in [5.41, 5.74) is -0.940. The molecule has 8 heteroatoms. The molecule has 1 amide bonds. The fraction of sp³-hybridized carbons (Fsp3) is 0.500. The molecular formula is C12H14F3N3O2. The molecule has 0 aromatic carbocycles. The SMILES string of the molecule is COC(=O)N1CCC(Nc2cccc(C(F)(F)F)n2)C1. The summed E-state index contributed by atoms with van der Waals surface area (Å²) in [6, 6.07) is 3.55. The van der Waals surface area contributed by atoms with Gasteiger partial charge in [-0.1, -0.05) is 6.07 Å². The van der Waals surface area contributed by atoms with E-state index in [0.29, 0.717) is 19.5 Å². The van der Waals surface area contributed by atoms with Crippen LogP contribution in [-0.4, -0.2) is 42.2 Å². The summed E-state index contributed by atoms with van der Waals surface area (Å²) >= 11 is 0. The normalized spacial score (nSPS) is 19.0. The molecule has 110 valence electrons. The molecule has 0 radical (unpaired) electrons. The van der Waals surface area contributed by atoms with Gasteiger partial charge >= 0.3 is 12.3 Å². The number of rotatable bonds is 2. The first-order valence-electron chi connectivity index (χ1n) is 6.04. The van der Waals surface area contributed by atoms with E-state index >= 15 is 0 Å². The van der Waals surface area contributed by atoms with Gasteiger partial charge < -0.3 is 15.0 Å². The molecular weight excluding hydrogens is 275 g/mol. The van der Waals surface area contributed by atoms with Crippen molar-refractivity contribution in [1.29, 1.82) is 0 Å². The minimum atomic E-state index is -4.47. The average Bonchev–Trinajstić information content (AvgIpc) is 2.85. The van der Waals surface area contributed by atoms with Crippen LogP contribution < -0.4 is 5.32 Å². The monoisotopic (exact) mass is 289 g/mol. The summed E-state index contributed by atoms with van der Waals surface area (Å²) in [5, 5.41) is 2.90. The molecule has 0 aliphatic carbocycles. The molecule has 0 spiro atoms. The molecule has 0 bridgehead atoms. The van der Waals surface area contributed by atoms with Crippen molar-refractivity contribution in [2.75, 3.05) is 25.5 Å². The number of nitrogens with one attached hydrogen (secondary N) is 1. The number of carbonyl (C=O) groups is 1. The second-order valence-electron chi connectivity index (χ2n) is 4.45. The molecule has 1 aliphatic heterocycles. The maximum Gasteiger partial charge on any atom is 0.433 e. The van der Waals surface area contributed by atoms with Crippen molar-refractivity contribution in [2.45, 2.75) is 18.6 Å². The number of carbonyl (C=O) groups excluding carboxylic acids is 1. The van der Waals surface area contributed by atoms with Crippen LogP contribution in [0.25, 0.3) is 0 Å². The highest BCUT2D eigenvalue weighted by Gasteiger charge is 2.33. The quantitative estimate of drug-likeness (QED) is 0.908. The van der Waals surface area contributed by atoms with Crippen LogP contribution in [0.4, 0.5) is 23.8 Å². The third-order valence-electron chi connectivity index (χ3n) is 3.01. The molecule has 2 rings (SSSR count). The lowest BCUT2D eigenvalue weighted by molar-refractivity contribution is -0.141. The smallest absolute Gasteiger partial charge is 0.433 e. The number of pyridine rings is 1. The zero-order chi connectivity index (χ0) is 14.8. The van der Waals surface area contributed by atoms with E-state index in [-0.39, 0.29) is 11.9 Å². The van der Waals surface area contributed by atoms with Crippen LogP contribution in [0.5, 0.6) is 0 Å². The zero-order valence-electron chi connectivity index (χ0n) is 10.8. The number of methoxy groups -OCH3 is 1. The van der Waals surface area contributed by atoms with Crippen LogP contribution in [0, 0.1) is 0 Å². The van der Waals surface area contributed by atoms with Crippen molar-refractivity contribution in [1.82, 2.24) is 9.88 Å². The maximum atomic E-state index is 12.5. The van der Waals surface area contributed by atoms with Gasteiger partial charge in [-0.2, -0.15) is 13.2 Å². The van der Waals surface area contributed by atoms with Gasteiger partial charge in [0.25, 0.3) is 0 Å². The lowest BCUT2D eigenvalue weighted by Crippen LogP contribution is -2.31. The summed E-state index contributed by atoms with van der Waals surface area (Å²) in [6.07, 6.45) is -4.27. The standard InChI is InChI=1S/C12H14F3N3O2/c1-20-11(19)18-6-5-8(7-18)16-10-4-2-3-9(17-10)12(13,14)15/h2-4,8H,5-7H2,1H3,(H,16,17). The zero-order valence-corrected chi connectivity index (χ0v) is 10.8. The van der Waals surface area contributed by atoms with Crippen LogP contribution >= 0.6 is 0 Å². The van der Waals surface area contributed by atoms with Crippen molar-refractivity contribution < 1.29 is 22.7 Å². The Labute approximate surface area is 113 Å². The van der Waals surface area contributed by atoms with Crippen molar-refractivity contribution in [3.05, 3.63) is 23.9 Å². The molecule has 1 aromatic heterocycles. The number of ether oxygens (including phenoxy) is 1. The number of amides is 1. The summed E-state index contributed by atoms with van der Waals surface area (Å²) in [4.78, 5) is 16.3. The number of hydrogen-bond acceptors (Lipinski definition) is 4. The first-order chi connectivity index (χ1) is 9.40. The molecule has 1 aliphatic rings. The van der Waals surface area contributed by atoms with E-state index in [9.17, 15) is 18.0 Å². The lowest BCUT2D eigenvalue weighted by atomic mass is 10.2. The Hall–Kier alpha value is -1.99. The summed E-state index contributed by atoms with van der Waals surface area (Å²) < 4.78 is 42.2. The third kappa shape index (κ3) is 3.31. The summed E-state index contributed by atoms with van der Waals surface area (Å²) in [7, 11) is 1.29. The second-order valence-corrected chi connectivity index (χ2v) is 4.45. The highest BCUT2D eigenvalue weighted by Crippen LogP contribution is 2.28. The molecule has 2 heterocycles. The van der Waals surface area contributed by atoms with E-state index in [1.54, 1.807) is 0 Å². The van der Waals surface area contributed by atoms with Crippen LogP contribution in [-0.2, 0) is 10.9 Å². The number of alkyl halides is 3. The van der Waals surface area contributed by atoms with E-state index in [1.165, 1.54) is 24.1 Å².